The third-order valence-corrected chi connectivity index (χ3v) is 2.67. The molecule has 2 rings (SSSR count). The Hall–Kier alpha value is -0.610. The van der Waals surface area contributed by atoms with Gasteiger partial charge in [0.15, 0.2) is 0 Å². The lowest BCUT2D eigenvalue weighted by atomic mass is 10.1. The monoisotopic (exact) mass is 243 g/mol. The van der Waals surface area contributed by atoms with Crippen LogP contribution in [0.3, 0.4) is 0 Å². The predicted molar refractivity (Wildman–Crippen MR) is 51.6 cm³/mol. The van der Waals surface area contributed by atoms with E-state index in [9.17, 15) is 5.11 Å². The molecule has 0 bridgehead atoms. The number of nitrogens with zero attached hydrogens (tertiary/aromatic N) is 1. The second-order valence-electron chi connectivity index (χ2n) is 3.24. The van der Waals surface area contributed by atoms with Crippen LogP contribution in [0, 0.1) is 0 Å². The van der Waals surface area contributed by atoms with Gasteiger partial charge in [-0.1, -0.05) is 0 Å². The van der Waals surface area contributed by atoms with Gasteiger partial charge in [-0.05, 0) is 34.8 Å². The molecule has 0 amide bonds. The fraction of sp³-hybridized carbons (Fsp3) is 0.444. The van der Waals surface area contributed by atoms with Crippen LogP contribution in [0.25, 0.3) is 0 Å². The Morgan fingerprint density at radius 2 is 2.31 bits per heavy atom. The highest BCUT2D eigenvalue weighted by atomic mass is 79.9. The molecular weight excluding hydrogens is 234 g/mol. The molecule has 0 saturated heterocycles. The van der Waals surface area contributed by atoms with E-state index in [0.29, 0.717) is 5.88 Å². The summed E-state index contributed by atoms with van der Waals surface area (Å²) >= 11 is 3.32. The second kappa shape index (κ2) is 2.96. The Labute approximate surface area is 84.9 Å². The van der Waals surface area contributed by atoms with Crippen molar-refractivity contribution < 1.29 is 9.84 Å². The van der Waals surface area contributed by atoms with Gasteiger partial charge in [0.25, 0.3) is 0 Å². The van der Waals surface area contributed by atoms with E-state index in [2.05, 4.69) is 20.9 Å². The molecule has 0 unspecified atom stereocenters. The first kappa shape index (κ1) is 8.97. The van der Waals surface area contributed by atoms with Gasteiger partial charge in [-0.2, -0.15) is 0 Å². The number of aromatic nitrogens is 1. The van der Waals surface area contributed by atoms with Crippen molar-refractivity contribution in [2.24, 2.45) is 0 Å². The van der Waals surface area contributed by atoms with Crippen molar-refractivity contribution >= 4 is 15.9 Å². The number of methoxy groups -OCH3 is 1. The minimum Gasteiger partial charge on any atom is -0.481 e. The van der Waals surface area contributed by atoms with Crippen molar-refractivity contribution in [3.63, 3.8) is 0 Å². The molecule has 1 aliphatic carbocycles. The van der Waals surface area contributed by atoms with Gasteiger partial charge in [0.2, 0.25) is 5.88 Å². The molecule has 3 nitrogen and oxygen atoms in total. The predicted octanol–water partition coefficient (Wildman–Crippen LogP) is 1.83. The molecule has 13 heavy (non-hydrogen) atoms. The first-order valence-electron chi connectivity index (χ1n) is 4.08. The molecular formula is C9H10BrNO2. The Morgan fingerprint density at radius 1 is 1.62 bits per heavy atom. The summed E-state index contributed by atoms with van der Waals surface area (Å²) in [7, 11) is 1.56. The summed E-state index contributed by atoms with van der Waals surface area (Å²) in [6, 6.07) is 1.86. The van der Waals surface area contributed by atoms with Gasteiger partial charge in [0, 0.05) is 16.2 Å². The van der Waals surface area contributed by atoms with Crippen molar-refractivity contribution in [2.45, 2.75) is 18.4 Å². The van der Waals surface area contributed by atoms with Gasteiger partial charge in [-0.3, -0.25) is 0 Å². The van der Waals surface area contributed by atoms with Crippen LogP contribution in [0.2, 0.25) is 0 Å². The Kier molecular flexibility index (Phi) is 2.04. The maximum atomic E-state index is 9.90. The van der Waals surface area contributed by atoms with E-state index < -0.39 is 5.60 Å². The zero-order valence-electron chi connectivity index (χ0n) is 7.25. The lowest BCUT2D eigenvalue weighted by Gasteiger charge is -2.11. The van der Waals surface area contributed by atoms with Crippen LogP contribution in [0.5, 0.6) is 5.88 Å². The highest BCUT2D eigenvalue weighted by molar-refractivity contribution is 9.10. The number of pyridine rings is 1. The highest BCUT2D eigenvalue weighted by Gasteiger charge is 2.44. The quantitative estimate of drug-likeness (QED) is 0.862. The average molecular weight is 244 g/mol. The van der Waals surface area contributed by atoms with Gasteiger partial charge in [0.1, 0.15) is 0 Å². The van der Waals surface area contributed by atoms with Gasteiger partial charge in [0.05, 0.1) is 12.7 Å². The molecule has 0 aliphatic heterocycles. The smallest absolute Gasteiger partial charge is 0.219 e. The van der Waals surface area contributed by atoms with Crippen LogP contribution in [0.15, 0.2) is 16.7 Å². The third kappa shape index (κ3) is 1.56. The van der Waals surface area contributed by atoms with E-state index in [1.807, 2.05) is 6.07 Å². The molecule has 0 aromatic carbocycles. The molecule has 1 aromatic heterocycles. The fourth-order valence-corrected chi connectivity index (χ4v) is 1.64. The molecule has 0 radical (unpaired) electrons. The zero-order chi connectivity index (χ0) is 9.47. The summed E-state index contributed by atoms with van der Waals surface area (Å²) < 4.78 is 5.94. The molecule has 1 fully saturated rings. The van der Waals surface area contributed by atoms with Crippen molar-refractivity contribution in [1.82, 2.24) is 4.98 Å². The molecule has 4 heteroatoms. The third-order valence-electron chi connectivity index (χ3n) is 2.24. The number of ether oxygens (including phenoxy) is 1. The number of hydrogen-bond acceptors (Lipinski definition) is 3. The minimum atomic E-state index is -0.692. The van der Waals surface area contributed by atoms with Crippen molar-refractivity contribution in [3.05, 3.63) is 22.3 Å². The van der Waals surface area contributed by atoms with Crippen LogP contribution in [0.4, 0.5) is 0 Å². The molecule has 0 spiro atoms. The van der Waals surface area contributed by atoms with Crippen LogP contribution >= 0.6 is 15.9 Å². The molecule has 1 N–H and O–H groups in total. The van der Waals surface area contributed by atoms with Gasteiger partial charge < -0.3 is 9.84 Å². The number of hydrogen-bond donors (Lipinski definition) is 1. The van der Waals surface area contributed by atoms with E-state index in [-0.39, 0.29) is 0 Å². The topological polar surface area (TPSA) is 42.4 Å². The second-order valence-corrected chi connectivity index (χ2v) is 4.16. The highest BCUT2D eigenvalue weighted by Crippen LogP contribution is 2.48. The zero-order valence-corrected chi connectivity index (χ0v) is 8.84. The standard InChI is InChI=1S/C9H10BrNO2/c1-13-8-7(9(12)2-3-9)4-6(10)5-11-8/h4-5,12H,2-3H2,1H3. The summed E-state index contributed by atoms with van der Waals surface area (Å²) in [5.74, 6) is 0.517. The first-order chi connectivity index (χ1) is 6.15. The van der Waals surface area contributed by atoms with Crippen LogP contribution in [-0.2, 0) is 5.60 Å². The average Bonchev–Trinajstić information content (AvgIpc) is 2.85. The fourth-order valence-electron chi connectivity index (χ4n) is 1.31. The Balaban J connectivity index is 2.47. The molecule has 1 heterocycles. The molecule has 70 valence electrons. The normalized spacial score (nSPS) is 18.4. The van der Waals surface area contributed by atoms with E-state index in [0.717, 1.165) is 22.9 Å². The van der Waals surface area contributed by atoms with Gasteiger partial charge >= 0.3 is 0 Å². The first-order valence-corrected chi connectivity index (χ1v) is 4.87. The summed E-state index contributed by atoms with van der Waals surface area (Å²) in [6.45, 7) is 0. The summed E-state index contributed by atoms with van der Waals surface area (Å²) in [5, 5.41) is 9.90. The largest absolute Gasteiger partial charge is 0.481 e. The molecule has 1 aromatic rings. The lowest BCUT2D eigenvalue weighted by Crippen LogP contribution is -2.07. The van der Waals surface area contributed by atoms with E-state index in [1.165, 1.54) is 0 Å². The van der Waals surface area contributed by atoms with Gasteiger partial charge in [-0.25, -0.2) is 4.98 Å². The maximum absolute atomic E-state index is 9.90. The Bertz CT molecular complexity index is 336. The van der Waals surface area contributed by atoms with E-state index >= 15 is 0 Å². The van der Waals surface area contributed by atoms with Crippen molar-refractivity contribution in [1.29, 1.82) is 0 Å². The van der Waals surface area contributed by atoms with E-state index in [1.54, 1.807) is 13.3 Å². The van der Waals surface area contributed by atoms with Crippen LogP contribution in [0.1, 0.15) is 18.4 Å². The SMILES string of the molecule is COc1ncc(Br)cc1C1(O)CC1. The molecule has 1 aliphatic rings. The number of halogens is 1. The lowest BCUT2D eigenvalue weighted by molar-refractivity contribution is 0.146. The summed E-state index contributed by atoms with van der Waals surface area (Å²) in [5.41, 5.74) is 0.0895. The maximum Gasteiger partial charge on any atom is 0.219 e. The number of aliphatic hydroxyl groups is 1. The summed E-state index contributed by atoms with van der Waals surface area (Å²) in [4.78, 5) is 4.07. The minimum absolute atomic E-state index is 0.517. The van der Waals surface area contributed by atoms with Crippen molar-refractivity contribution in [2.75, 3.05) is 7.11 Å². The van der Waals surface area contributed by atoms with Crippen LogP contribution in [-0.4, -0.2) is 17.2 Å². The molecule has 1 saturated carbocycles. The van der Waals surface area contributed by atoms with Crippen LogP contribution < -0.4 is 4.74 Å². The molecule has 0 atom stereocenters. The van der Waals surface area contributed by atoms with Crippen molar-refractivity contribution in [3.8, 4) is 5.88 Å². The Morgan fingerprint density at radius 3 is 2.85 bits per heavy atom. The summed E-state index contributed by atoms with van der Waals surface area (Å²) in [6.07, 6.45) is 3.25. The number of rotatable bonds is 2. The van der Waals surface area contributed by atoms with Gasteiger partial charge in [-0.15, -0.1) is 0 Å². The van der Waals surface area contributed by atoms with E-state index in [4.69, 9.17) is 4.74 Å².